The molecule has 0 radical (unpaired) electrons. The first-order chi connectivity index (χ1) is 14.4. The van der Waals surface area contributed by atoms with E-state index in [4.69, 9.17) is 0 Å². The zero-order chi connectivity index (χ0) is 22.1. The second-order valence-electron chi connectivity index (χ2n) is 8.65. The Morgan fingerprint density at radius 1 is 1.27 bits per heavy atom. The number of allylic oxidation sites excluding steroid dienone is 2. The van der Waals surface area contributed by atoms with E-state index in [0.29, 0.717) is 6.54 Å². The molecule has 30 heavy (non-hydrogen) atoms. The van der Waals surface area contributed by atoms with Crippen molar-refractivity contribution in [3.8, 4) is 0 Å². The van der Waals surface area contributed by atoms with Crippen LogP contribution >= 0.6 is 0 Å². The molecule has 1 aromatic carbocycles. The number of benzene rings is 1. The highest BCUT2D eigenvalue weighted by atomic mass is 16.2. The van der Waals surface area contributed by atoms with E-state index in [2.05, 4.69) is 55.9 Å². The Labute approximate surface area is 183 Å². The van der Waals surface area contributed by atoms with Crippen LogP contribution in [0.5, 0.6) is 0 Å². The predicted molar refractivity (Wildman–Crippen MR) is 127 cm³/mol. The number of nitrogens with zero attached hydrogens (tertiary/aromatic N) is 2. The van der Waals surface area contributed by atoms with Gasteiger partial charge in [0.25, 0.3) is 0 Å². The molecule has 0 saturated carbocycles. The fraction of sp³-hybridized carbons (Fsp3) is 0.500. The van der Waals surface area contributed by atoms with E-state index in [1.54, 1.807) is 0 Å². The average Bonchev–Trinajstić information content (AvgIpc) is 3.25. The maximum Gasteiger partial charge on any atom is 0.318 e. The number of hydrogen-bond donors (Lipinski definition) is 1. The maximum absolute atomic E-state index is 12.8. The molecule has 1 atom stereocenters. The highest BCUT2D eigenvalue weighted by molar-refractivity contribution is 5.75. The van der Waals surface area contributed by atoms with Gasteiger partial charge in [0, 0.05) is 32.4 Å². The van der Waals surface area contributed by atoms with Crippen LogP contribution in [-0.2, 0) is 6.54 Å². The van der Waals surface area contributed by atoms with Crippen molar-refractivity contribution in [3.05, 3.63) is 72.0 Å². The van der Waals surface area contributed by atoms with Crippen molar-refractivity contribution < 1.29 is 4.79 Å². The zero-order valence-corrected chi connectivity index (χ0v) is 19.4. The van der Waals surface area contributed by atoms with Crippen LogP contribution in [0.15, 0.2) is 66.4 Å². The number of carbonyl (C=O) groups excluding carboxylic acids is 1. The van der Waals surface area contributed by atoms with Crippen LogP contribution in [0, 0.1) is 5.41 Å². The van der Waals surface area contributed by atoms with Crippen molar-refractivity contribution in [1.82, 2.24) is 15.1 Å². The minimum absolute atomic E-state index is 0.000527. The van der Waals surface area contributed by atoms with E-state index in [1.807, 2.05) is 49.1 Å². The molecule has 2 aliphatic rings. The molecule has 1 saturated heterocycles. The van der Waals surface area contributed by atoms with Gasteiger partial charge in [0.05, 0.1) is 6.04 Å². The van der Waals surface area contributed by atoms with Gasteiger partial charge < -0.3 is 15.1 Å². The van der Waals surface area contributed by atoms with Gasteiger partial charge in [0.1, 0.15) is 0 Å². The molecule has 0 spiro atoms. The molecule has 4 nitrogen and oxygen atoms in total. The number of likely N-dealkylation sites (N-methyl/N-ethyl adjacent to an activating group) is 1. The van der Waals surface area contributed by atoms with E-state index in [0.717, 1.165) is 43.6 Å². The summed E-state index contributed by atoms with van der Waals surface area (Å²) in [5, 5.41) is 3.06. The Bertz CT molecular complexity index is 764. The van der Waals surface area contributed by atoms with Crippen molar-refractivity contribution in [2.75, 3.05) is 20.1 Å². The Balaban J connectivity index is 0.00000155. The third-order valence-corrected chi connectivity index (χ3v) is 5.73. The lowest BCUT2D eigenvalue weighted by Crippen LogP contribution is -2.45. The van der Waals surface area contributed by atoms with Gasteiger partial charge in [0.15, 0.2) is 0 Å². The maximum atomic E-state index is 12.8. The predicted octanol–water partition coefficient (Wildman–Crippen LogP) is 5.74. The molecule has 0 bridgehead atoms. The van der Waals surface area contributed by atoms with Crippen LogP contribution < -0.4 is 5.32 Å². The minimum Gasteiger partial charge on any atom is -0.372 e. The lowest BCUT2D eigenvalue weighted by atomic mass is 9.84. The van der Waals surface area contributed by atoms with Crippen molar-refractivity contribution in [3.63, 3.8) is 0 Å². The fourth-order valence-electron chi connectivity index (χ4n) is 3.84. The molecule has 1 aliphatic heterocycles. The van der Waals surface area contributed by atoms with Gasteiger partial charge in [0.2, 0.25) is 0 Å². The van der Waals surface area contributed by atoms with Crippen LogP contribution in [0.2, 0.25) is 0 Å². The molecule has 2 amide bonds. The van der Waals surface area contributed by atoms with E-state index < -0.39 is 0 Å². The number of hydrogen-bond acceptors (Lipinski definition) is 2. The minimum atomic E-state index is -0.000527. The Kier molecular flexibility index (Phi) is 8.76. The number of urea groups is 1. The lowest BCUT2D eigenvalue weighted by molar-refractivity contribution is 0.191. The van der Waals surface area contributed by atoms with Crippen LogP contribution in [0.3, 0.4) is 0 Å². The molecular formula is C26H39N3O. The quantitative estimate of drug-likeness (QED) is 0.650. The molecule has 1 aliphatic carbocycles. The van der Waals surface area contributed by atoms with Crippen molar-refractivity contribution in [2.45, 2.75) is 59.5 Å². The molecule has 1 fully saturated rings. The Morgan fingerprint density at radius 2 is 1.97 bits per heavy atom. The molecule has 1 heterocycles. The largest absolute Gasteiger partial charge is 0.372 e. The first kappa shape index (κ1) is 23.8. The Morgan fingerprint density at radius 3 is 2.60 bits per heavy atom. The molecule has 4 heteroatoms. The van der Waals surface area contributed by atoms with E-state index >= 15 is 0 Å². The molecule has 1 aromatic rings. The van der Waals surface area contributed by atoms with Crippen molar-refractivity contribution >= 4 is 6.03 Å². The highest BCUT2D eigenvalue weighted by Gasteiger charge is 2.32. The lowest BCUT2D eigenvalue weighted by Gasteiger charge is -2.33. The van der Waals surface area contributed by atoms with E-state index in [-0.39, 0.29) is 17.5 Å². The molecule has 1 N–H and O–H groups in total. The van der Waals surface area contributed by atoms with Gasteiger partial charge in [-0.15, -0.1) is 0 Å². The topological polar surface area (TPSA) is 35.6 Å². The third kappa shape index (κ3) is 6.51. The standard InChI is InChI=1S/C24H33N3O.C2H6/c1-19(26(4)18-21-12-14-24(2,3)15-13-21)22-11-8-16-27(22)23(28)25-17-20-9-6-5-7-10-20;1-2/h5-7,9-10,12-14,22H,1,8,11,15-18H2,2-4H3,(H,25,28);1-2H3. The first-order valence-corrected chi connectivity index (χ1v) is 11.2. The van der Waals surface area contributed by atoms with Crippen molar-refractivity contribution in [2.24, 2.45) is 5.41 Å². The summed E-state index contributed by atoms with van der Waals surface area (Å²) in [5.41, 5.74) is 3.70. The van der Waals surface area contributed by atoms with Gasteiger partial charge in [-0.3, -0.25) is 0 Å². The highest BCUT2D eigenvalue weighted by Crippen LogP contribution is 2.30. The van der Waals surface area contributed by atoms with Gasteiger partial charge in [-0.05, 0) is 35.8 Å². The smallest absolute Gasteiger partial charge is 0.318 e. The number of amides is 2. The van der Waals surface area contributed by atoms with Crippen LogP contribution in [0.4, 0.5) is 4.79 Å². The molecular weight excluding hydrogens is 370 g/mol. The number of likely N-dealkylation sites (tertiary alicyclic amines) is 1. The van der Waals surface area contributed by atoms with E-state index in [9.17, 15) is 4.79 Å². The van der Waals surface area contributed by atoms with Gasteiger partial charge in [-0.25, -0.2) is 4.79 Å². The molecule has 0 aromatic heterocycles. The zero-order valence-electron chi connectivity index (χ0n) is 19.4. The summed E-state index contributed by atoms with van der Waals surface area (Å²) in [6.45, 7) is 15.0. The summed E-state index contributed by atoms with van der Waals surface area (Å²) < 4.78 is 0. The summed E-state index contributed by atoms with van der Waals surface area (Å²) in [4.78, 5) is 16.9. The number of rotatable bonds is 6. The monoisotopic (exact) mass is 409 g/mol. The summed E-state index contributed by atoms with van der Waals surface area (Å²) >= 11 is 0. The van der Waals surface area contributed by atoms with Gasteiger partial charge in [-0.1, -0.05) is 82.8 Å². The van der Waals surface area contributed by atoms with Gasteiger partial charge >= 0.3 is 6.03 Å². The average molecular weight is 410 g/mol. The Hall–Kier alpha value is -2.49. The van der Waals surface area contributed by atoms with Crippen molar-refractivity contribution in [1.29, 1.82) is 0 Å². The normalized spacial score (nSPS) is 19.4. The summed E-state index contributed by atoms with van der Waals surface area (Å²) in [7, 11) is 2.08. The van der Waals surface area contributed by atoms with Crippen LogP contribution in [0.25, 0.3) is 0 Å². The first-order valence-electron chi connectivity index (χ1n) is 11.2. The molecule has 164 valence electrons. The van der Waals surface area contributed by atoms with Gasteiger partial charge in [-0.2, -0.15) is 0 Å². The second kappa shape index (κ2) is 11.1. The number of nitrogens with one attached hydrogen (secondary N) is 1. The van der Waals surface area contributed by atoms with E-state index in [1.165, 1.54) is 5.57 Å². The SMILES string of the molecule is C=C(C1CCCN1C(=O)NCc1ccccc1)N(C)CC1=CCC(C)(C)C=C1.CC. The third-order valence-electron chi connectivity index (χ3n) is 5.73. The summed E-state index contributed by atoms with van der Waals surface area (Å²) in [6.07, 6.45) is 9.90. The summed E-state index contributed by atoms with van der Waals surface area (Å²) in [5.74, 6) is 0. The molecule has 1 unspecified atom stereocenters. The molecule has 3 rings (SSSR count). The van der Waals surface area contributed by atoms with Crippen LogP contribution in [-0.4, -0.2) is 42.0 Å². The second-order valence-corrected chi connectivity index (χ2v) is 8.65. The fourth-order valence-corrected chi connectivity index (χ4v) is 3.84. The number of carbonyl (C=O) groups is 1. The van der Waals surface area contributed by atoms with Crippen LogP contribution in [0.1, 0.15) is 52.5 Å². The summed E-state index contributed by atoms with van der Waals surface area (Å²) in [6, 6.07) is 10.1.